The predicted octanol–water partition coefficient (Wildman–Crippen LogP) is 3.86. The van der Waals surface area contributed by atoms with Crippen LogP contribution in [0.4, 0.5) is 0 Å². The number of pyridine rings is 1. The first kappa shape index (κ1) is 20.0. The van der Waals surface area contributed by atoms with Gasteiger partial charge in [0.25, 0.3) is 0 Å². The molecule has 1 fully saturated rings. The van der Waals surface area contributed by atoms with Crippen molar-refractivity contribution in [2.24, 2.45) is 10.9 Å². The first-order chi connectivity index (χ1) is 11.8. The Morgan fingerprint density at radius 2 is 2.00 bits per heavy atom. The Morgan fingerprint density at radius 1 is 1.20 bits per heavy atom. The molecule has 1 heterocycles. The predicted molar refractivity (Wildman–Crippen MR) is 115 cm³/mol. The van der Waals surface area contributed by atoms with E-state index in [0.29, 0.717) is 17.0 Å². The molecule has 134 valence electrons. The number of hydrogen-bond acceptors (Lipinski definition) is 2. The molecule has 0 radical (unpaired) electrons. The Bertz CT molecular complexity index is 676. The van der Waals surface area contributed by atoms with E-state index in [4.69, 9.17) is 11.6 Å². The second-order valence-electron chi connectivity index (χ2n) is 6.13. The topological polar surface area (TPSA) is 49.3 Å². The van der Waals surface area contributed by atoms with E-state index in [-0.39, 0.29) is 24.0 Å². The largest absolute Gasteiger partial charge is 0.356 e. The first-order valence-electron chi connectivity index (χ1n) is 8.36. The minimum Gasteiger partial charge on any atom is -0.356 e. The highest BCUT2D eigenvalue weighted by Gasteiger charge is 2.37. The number of halogens is 2. The van der Waals surface area contributed by atoms with Crippen LogP contribution in [-0.2, 0) is 6.42 Å². The standard InChI is InChI=1S/C19H23ClN4.HI/c1-21-19(22-10-9-14-7-8-18(20)23-12-14)24-13-16-11-17(16)15-5-3-2-4-6-15;/h2-8,12,16-17H,9-11,13H2,1H3,(H2,21,22,24);1H. The third kappa shape index (κ3) is 6.15. The summed E-state index contributed by atoms with van der Waals surface area (Å²) in [5, 5.41) is 7.31. The maximum absolute atomic E-state index is 5.80. The highest BCUT2D eigenvalue weighted by atomic mass is 127. The van der Waals surface area contributed by atoms with Gasteiger partial charge >= 0.3 is 0 Å². The molecule has 1 saturated carbocycles. The monoisotopic (exact) mass is 470 g/mol. The van der Waals surface area contributed by atoms with Crippen molar-refractivity contribution in [3.05, 3.63) is 64.9 Å². The second-order valence-corrected chi connectivity index (χ2v) is 6.52. The molecule has 0 saturated heterocycles. The van der Waals surface area contributed by atoms with Crippen LogP contribution in [-0.4, -0.2) is 31.1 Å². The highest BCUT2D eigenvalue weighted by Crippen LogP contribution is 2.46. The highest BCUT2D eigenvalue weighted by molar-refractivity contribution is 14.0. The van der Waals surface area contributed by atoms with Gasteiger partial charge in [-0.3, -0.25) is 4.99 Å². The lowest BCUT2D eigenvalue weighted by Gasteiger charge is -2.12. The van der Waals surface area contributed by atoms with E-state index >= 15 is 0 Å². The number of rotatable bonds is 6. The first-order valence-corrected chi connectivity index (χ1v) is 8.74. The Morgan fingerprint density at radius 3 is 2.68 bits per heavy atom. The van der Waals surface area contributed by atoms with Crippen LogP contribution in [0.3, 0.4) is 0 Å². The summed E-state index contributed by atoms with van der Waals surface area (Å²) >= 11 is 5.80. The van der Waals surface area contributed by atoms with Gasteiger partial charge in [0.05, 0.1) is 0 Å². The third-order valence-corrected chi connectivity index (χ3v) is 4.62. The molecule has 3 rings (SSSR count). The number of nitrogens with one attached hydrogen (secondary N) is 2. The van der Waals surface area contributed by atoms with Crippen LogP contribution in [0.5, 0.6) is 0 Å². The molecule has 1 aliphatic carbocycles. The van der Waals surface area contributed by atoms with Gasteiger partial charge < -0.3 is 10.6 Å². The molecule has 4 nitrogen and oxygen atoms in total. The average molecular weight is 471 g/mol. The van der Waals surface area contributed by atoms with Crippen molar-refractivity contribution in [3.8, 4) is 0 Å². The molecule has 6 heteroatoms. The molecule has 2 unspecified atom stereocenters. The van der Waals surface area contributed by atoms with Gasteiger partial charge in [0, 0.05) is 26.3 Å². The van der Waals surface area contributed by atoms with Gasteiger partial charge in [-0.1, -0.05) is 48.0 Å². The van der Waals surface area contributed by atoms with E-state index in [9.17, 15) is 0 Å². The Balaban J connectivity index is 0.00000225. The van der Waals surface area contributed by atoms with Crippen LogP contribution in [0.2, 0.25) is 5.15 Å². The summed E-state index contributed by atoms with van der Waals surface area (Å²) in [4.78, 5) is 8.38. The Labute approximate surface area is 171 Å². The Kier molecular flexibility index (Phi) is 7.96. The molecular weight excluding hydrogens is 447 g/mol. The number of aromatic nitrogens is 1. The van der Waals surface area contributed by atoms with E-state index < -0.39 is 0 Å². The molecule has 0 bridgehead atoms. The fourth-order valence-corrected chi connectivity index (χ4v) is 3.02. The van der Waals surface area contributed by atoms with E-state index in [1.807, 2.05) is 18.3 Å². The number of benzene rings is 1. The van der Waals surface area contributed by atoms with Gasteiger partial charge in [0.1, 0.15) is 5.15 Å². The van der Waals surface area contributed by atoms with Crippen molar-refractivity contribution in [1.29, 1.82) is 0 Å². The summed E-state index contributed by atoms with van der Waals surface area (Å²) in [5.74, 6) is 2.25. The average Bonchev–Trinajstić information content (AvgIpc) is 3.40. The van der Waals surface area contributed by atoms with Crippen molar-refractivity contribution in [2.45, 2.75) is 18.8 Å². The fourth-order valence-electron chi connectivity index (χ4n) is 2.91. The second kappa shape index (κ2) is 9.97. The van der Waals surface area contributed by atoms with E-state index in [0.717, 1.165) is 31.0 Å². The number of nitrogens with zero attached hydrogens (tertiary/aromatic N) is 2. The lowest BCUT2D eigenvalue weighted by atomic mass is 10.1. The zero-order chi connectivity index (χ0) is 16.8. The minimum absolute atomic E-state index is 0. The SMILES string of the molecule is CN=C(NCCc1ccc(Cl)nc1)NCC1CC1c1ccccc1.I. The molecule has 1 aromatic heterocycles. The number of aliphatic imine (C=N–C) groups is 1. The molecule has 2 atom stereocenters. The summed E-state index contributed by atoms with van der Waals surface area (Å²) in [7, 11) is 1.81. The summed E-state index contributed by atoms with van der Waals surface area (Å²) < 4.78 is 0. The molecule has 2 N–H and O–H groups in total. The molecule has 25 heavy (non-hydrogen) atoms. The van der Waals surface area contributed by atoms with Gasteiger partial charge in [-0.05, 0) is 41.9 Å². The van der Waals surface area contributed by atoms with Gasteiger partial charge in [0.15, 0.2) is 5.96 Å². The molecule has 2 aromatic rings. The van der Waals surface area contributed by atoms with Gasteiger partial charge in [-0.25, -0.2) is 4.98 Å². The van der Waals surface area contributed by atoms with Crippen molar-refractivity contribution in [3.63, 3.8) is 0 Å². The lowest BCUT2D eigenvalue weighted by Crippen LogP contribution is -2.39. The lowest BCUT2D eigenvalue weighted by molar-refractivity contribution is 0.717. The molecule has 0 aliphatic heterocycles. The third-order valence-electron chi connectivity index (χ3n) is 4.40. The van der Waals surface area contributed by atoms with Crippen LogP contribution in [0.15, 0.2) is 53.7 Å². The molecule has 1 aromatic carbocycles. The summed E-state index contributed by atoms with van der Waals surface area (Å²) in [5.41, 5.74) is 2.61. The van der Waals surface area contributed by atoms with Crippen molar-refractivity contribution in [1.82, 2.24) is 15.6 Å². The van der Waals surface area contributed by atoms with Crippen LogP contribution in [0, 0.1) is 5.92 Å². The van der Waals surface area contributed by atoms with E-state index in [1.54, 1.807) is 7.05 Å². The van der Waals surface area contributed by atoms with E-state index in [1.165, 1.54) is 12.0 Å². The Hall–Kier alpha value is -1.34. The van der Waals surface area contributed by atoms with Gasteiger partial charge in [-0.15, -0.1) is 24.0 Å². The molecule has 0 amide bonds. The summed E-state index contributed by atoms with van der Waals surface area (Å²) in [6.07, 6.45) is 3.96. The fraction of sp³-hybridized carbons (Fsp3) is 0.368. The van der Waals surface area contributed by atoms with Crippen LogP contribution >= 0.6 is 35.6 Å². The smallest absolute Gasteiger partial charge is 0.190 e. The van der Waals surface area contributed by atoms with Crippen molar-refractivity contribution in [2.75, 3.05) is 20.1 Å². The quantitative estimate of drug-likeness (QED) is 0.292. The minimum atomic E-state index is 0. The van der Waals surface area contributed by atoms with Crippen LogP contribution in [0.25, 0.3) is 0 Å². The molecule has 0 spiro atoms. The number of guanidine groups is 1. The van der Waals surface area contributed by atoms with Crippen LogP contribution in [0.1, 0.15) is 23.5 Å². The summed E-state index contributed by atoms with van der Waals surface area (Å²) in [6.45, 7) is 1.78. The van der Waals surface area contributed by atoms with Crippen molar-refractivity contribution >= 4 is 41.5 Å². The van der Waals surface area contributed by atoms with Gasteiger partial charge in [-0.2, -0.15) is 0 Å². The van der Waals surface area contributed by atoms with Gasteiger partial charge in [0.2, 0.25) is 0 Å². The normalized spacial score (nSPS) is 19.0. The van der Waals surface area contributed by atoms with E-state index in [2.05, 4.69) is 50.9 Å². The van der Waals surface area contributed by atoms with Crippen molar-refractivity contribution < 1.29 is 0 Å². The zero-order valence-electron chi connectivity index (χ0n) is 14.3. The maximum atomic E-state index is 5.80. The molecule has 1 aliphatic rings. The number of hydrogen-bond donors (Lipinski definition) is 2. The maximum Gasteiger partial charge on any atom is 0.190 e. The summed E-state index contributed by atoms with van der Waals surface area (Å²) in [6, 6.07) is 14.6. The zero-order valence-corrected chi connectivity index (χ0v) is 17.4. The molecular formula is C19H24ClIN4. The van der Waals surface area contributed by atoms with Crippen LogP contribution < -0.4 is 10.6 Å².